The Morgan fingerprint density at radius 2 is 2.00 bits per heavy atom. The van der Waals surface area contributed by atoms with Gasteiger partial charge in [-0.15, -0.1) is 0 Å². The zero-order valence-corrected chi connectivity index (χ0v) is 14.5. The summed E-state index contributed by atoms with van der Waals surface area (Å²) >= 11 is 12.1. The highest BCUT2D eigenvalue weighted by atomic mass is 35.5. The Morgan fingerprint density at radius 3 is 2.76 bits per heavy atom. The van der Waals surface area contributed by atoms with E-state index in [1.54, 1.807) is 42.5 Å². The van der Waals surface area contributed by atoms with E-state index in [0.29, 0.717) is 27.0 Å². The first-order valence-electron chi connectivity index (χ1n) is 7.55. The highest BCUT2D eigenvalue weighted by Gasteiger charge is 2.36. The Hall–Kier alpha value is -2.55. The van der Waals surface area contributed by atoms with Crippen LogP contribution >= 0.6 is 23.2 Å². The number of carbonyl (C=O) groups excluding carboxylic acids is 2. The van der Waals surface area contributed by atoms with Crippen LogP contribution in [0, 0.1) is 17.2 Å². The SMILES string of the molecule is N#Cc1ccccc1NC(=O)C1CC(=O)N(c2cc(Cl)ccc2Cl)C1. The first-order valence-corrected chi connectivity index (χ1v) is 8.30. The van der Waals surface area contributed by atoms with Crippen LogP contribution in [0.25, 0.3) is 0 Å². The molecule has 126 valence electrons. The Labute approximate surface area is 154 Å². The fourth-order valence-corrected chi connectivity index (χ4v) is 3.12. The van der Waals surface area contributed by atoms with Crippen molar-refractivity contribution in [2.24, 2.45) is 5.92 Å². The van der Waals surface area contributed by atoms with Crippen molar-refractivity contribution in [2.75, 3.05) is 16.8 Å². The van der Waals surface area contributed by atoms with Gasteiger partial charge in [0.15, 0.2) is 0 Å². The summed E-state index contributed by atoms with van der Waals surface area (Å²) in [6, 6.07) is 13.6. The lowest BCUT2D eigenvalue weighted by Crippen LogP contribution is -2.28. The summed E-state index contributed by atoms with van der Waals surface area (Å²) in [6.45, 7) is 0.208. The number of para-hydroxylation sites is 1. The second-order valence-electron chi connectivity index (χ2n) is 5.65. The number of anilines is 2. The van der Waals surface area contributed by atoms with Crippen LogP contribution in [0.15, 0.2) is 42.5 Å². The zero-order valence-electron chi connectivity index (χ0n) is 13.0. The third-order valence-corrected chi connectivity index (χ3v) is 4.55. The van der Waals surface area contributed by atoms with Gasteiger partial charge < -0.3 is 10.2 Å². The van der Waals surface area contributed by atoms with Gasteiger partial charge >= 0.3 is 0 Å². The number of nitriles is 1. The zero-order chi connectivity index (χ0) is 18.0. The van der Waals surface area contributed by atoms with E-state index in [1.807, 2.05) is 6.07 Å². The molecule has 1 unspecified atom stereocenters. The lowest BCUT2D eigenvalue weighted by Gasteiger charge is -2.18. The molecule has 0 aromatic heterocycles. The predicted octanol–water partition coefficient (Wildman–Crippen LogP) is 3.86. The molecule has 0 aliphatic carbocycles. The fraction of sp³-hybridized carbons (Fsp3) is 0.167. The molecule has 25 heavy (non-hydrogen) atoms. The molecule has 7 heteroatoms. The van der Waals surface area contributed by atoms with E-state index in [0.717, 1.165) is 0 Å². The van der Waals surface area contributed by atoms with Crippen molar-refractivity contribution in [1.82, 2.24) is 0 Å². The summed E-state index contributed by atoms with van der Waals surface area (Å²) in [7, 11) is 0. The molecule has 3 rings (SSSR count). The summed E-state index contributed by atoms with van der Waals surface area (Å²) in [5.41, 5.74) is 1.29. The first kappa shape index (κ1) is 17.3. The number of hydrogen-bond donors (Lipinski definition) is 1. The molecular weight excluding hydrogens is 361 g/mol. The lowest BCUT2D eigenvalue weighted by atomic mass is 10.1. The van der Waals surface area contributed by atoms with E-state index >= 15 is 0 Å². The fourth-order valence-electron chi connectivity index (χ4n) is 2.73. The molecule has 2 amide bonds. The van der Waals surface area contributed by atoms with Crippen molar-refractivity contribution in [2.45, 2.75) is 6.42 Å². The van der Waals surface area contributed by atoms with Gasteiger partial charge in [0.1, 0.15) is 6.07 Å². The summed E-state index contributed by atoms with van der Waals surface area (Å²) in [4.78, 5) is 26.3. The molecule has 1 aliphatic rings. The molecule has 0 saturated carbocycles. The van der Waals surface area contributed by atoms with Crippen LogP contribution in [0.1, 0.15) is 12.0 Å². The normalized spacial score (nSPS) is 16.6. The Kier molecular flexibility index (Phi) is 4.93. The monoisotopic (exact) mass is 373 g/mol. The maximum Gasteiger partial charge on any atom is 0.229 e. The smallest absolute Gasteiger partial charge is 0.229 e. The standard InChI is InChI=1S/C18H13Cl2N3O2/c19-13-5-6-14(20)16(8-13)23-10-12(7-17(23)24)18(25)22-15-4-2-1-3-11(15)9-21/h1-6,8,12H,7,10H2,(H,22,25). The van der Waals surface area contributed by atoms with Crippen molar-refractivity contribution in [3.63, 3.8) is 0 Å². The third kappa shape index (κ3) is 3.60. The van der Waals surface area contributed by atoms with Crippen molar-refractivity contribution in [1.29, 1.82) is 5.26 Å². The average molecular weight is 374 g/mol. The molecule has 1 atom stereocenters. The molecule has 1 N–H and O–H groups in total. The van der Waals surface area contributed by atoms with E-state index < -0.39 is 5.92 Å². The van der Waals surface area contributed by atoms with Crippen LogP contribution in [0.3, 0.4) is 0 Å². The summed E-state index contributed by atoms with van der Waals surface area (Å²) in [5.74, 6) is -1.04. The molecule has 0 bridgehead atoms. The Bertz CT molecular complexity index is 892. The number of nitrogens with zero attached hydrogens (tertiary/aromatic N) is 2. The molecule has 1 saturated heterocycles. The average Bonchev–Trinajstić information content (AvgIpc) is 2.99. The van der Waals surface area contributed by atoms with E-state index in [9.17, 15) is 9.59 Å². The van der Waals surface area contributed by atoms with Gasteiger partial charge in [-0.25, -0.2) is 0 Å². The van der Waals surface area contributed by atoms with Gasteiger partial charge in [0.25, 0.3) is 0 Å². The highest BCUT2D eigenvalue weighted by molar-refractivity contribution is 6.36. The molecule has 0 radical (unpaired) electrons. The number of nitrogens with one attached hydrogen (secondary N) is 1. The topological polar surface area (TPSA) is 73.2 Å². The minimum absolute atomic E-state index is 0.0728. The number of rotatable bonds is 3. The number of halogens is 2. The predicted molar refractivity (Wildman–Crippen MR) is 96.7 cm³/mol. The maximum atomic E-state index is 12.5. The van der Waals surface area contributed by atoms with Crippen LogP contribution in [0.4, 0.5) is 11.4 Å². The van der Waals surface area contributed by atoms with Crippen LogP contribution < -0.4 is 10.2 Å². The molecule has 1 heterocycles. The van der Waals surface area contributed by atoms with Crippen LogP contribution in [0.2, 0.25) is 10.0 Å². The van der Waals surface area contributed by atoms with Crippen LogP contribution in [0.5, 0.6) is 0 Å². The van der Waals surface area contributed by atoms with Gasteiger partial charge in [-0.3, -0.25) is 9.59 Å². The second-order valence-corrected chi connectivity index (χ2v) is 6.49. The molecule has 2 aromatic carbocycles. The lowest BCUT2D eigenvalue weighted by molar-refractivity contribution is -0.122. The van der Waals surface area contributed by atoms with E-state index in [4.69, 9.17) is 28.5 Å². The quantitative estimate of drug-likeness (QED) is 0.887. The number of carbonyl (C=O) groups is 2. The van der Waals surface area contributed by atoms with Gasteiger partial charge in [0, 0.05) is 18.0 Å². The molecule has 0 spiro atoms. The maximum absolute atomic E-state index is 12.5. The molecule has 1 aliphatic heterocycles. The minimum Gasteiger partial charge on any atom is -0.325 e. The Balaban J connectivity index is 1.77. The van der Waals surface area contributed by atoms with Crippen molar-refractivity contribution >= 4 is 46.4 Å². The summed E-state index contributed by atoms with van der Waals surface area (Å²) in [5, 5.41) is 12.7. The summed E-state index contributed by atoms with van der Waals surface area (Å²) < 4.78 is 0. The van der Waals surface area contributed by atoms with E-state index in [1.165, 1.54) is 4.90 Å². The Morgan fingerprint density at radius 1 is 1.24 bits per heavy atom. The molecule has 2 aromatic rings. The minimum atomic E-state index is -0.533. The van der Waals surface area contributed by atoms with Crippen molar-refractivity contribution < 1.29 is 9.59 Å². The van der Waals surface area contributed by atoms with Gasteiger partial charge in [-0.05, 0) is 30.3 Å². The third-order valence-electron chi connectivity index (χ3n) is 4.00. The number of benzene rings is 2. The second kappa shape index (κ2) is 7.14. The van der Waals surface area contributed by atoms with Crippen LogP contribution in [-0.2, 0) is 9.59 Å². The largest absolute Gasteiger partial charge is 0.325 e. The molecule has 5 nitrogen and oxygen atoms in total. The highest BCUT2D eigenvalue weighted by Crippen LogP contribution is 2.33. The van der Waals surface area contributed by atoms with Crippen LogP contribution in [-0.4, -0.2) is 18.4 Å². The van der Waals surface area contributed by atoms with Gasteiger partial charge in [0.05, 0.1) is 27.9 Å². The number of amides is 2. The summed E-state index contributed by atoms with van der Waals surface area (Å²) in [6.07, 6.45) is 0.0728. The van der Waals surface area contributed by atoms with Gasteiger partial charge in [0.2, 0.25) is 11.8 Å². The molecular formula is C18H13Cl2N3O2. The van der Waals surface area contributed by atoms with Gasteiger partial charge in [-0.1, -0.05) is 35.3 Å². The van der Waals surface area contributed by atoms with E-state index in [2.05, 4.69) is 5.32 Å². The van der Waals surface area contributed by atoms with Gasteiger partial charge in [-0.2, -0.15) is 5.26 Å². The van der Waals surface area contributed by atoms with Crippen molar-refractivity contribution in [3.8, 4) is 6.07 Å². The first-order chi connectivity index (χ1) is 12.0. The van der Waals surface area contributed by atoms with E-state index in [-0.39, 0.29) is 24.8 Å². The number of hydrogen-bond acceptors (Lipinski definition) is 3. The molecule has 1 fully saturated rings. The van der Waals surface area contributed by atoms with Crippen molar-refractivity contribution in [3.05, 3.63) is 58.1 Å².